The number of aromatic carboxylic acids is 1. The molecule has 2 saturated carbocycles. The third-order valence-electron chi connectivity index (χ3n) is 3.97. The molecule has 0 unspecified atom stereocenters. The molecule has 2 fully saturated rings. The molecule has 0 atom stereocenters. The molecule has 0 amide bonds. The molecule has 0 heterocycles. The standard InChI is InChI=1S/C16H21NO2S/c1-2-20-14-5-3-4-13(15(14)16(18)19)17(12-8-9-12)10-11-6-7-11/h3-5,11-12H,2,6-10H2,1H3,(H,18,19). The maximum absolute atomic E-state index is 11.7. The molecule has 2 aliphatic rings. The molecule has 0 spiro atoms. The van der Waals surface area contributed by atoms with Crippen molar-refractivity contribution in [1.82, 2.24) is 0 Å². The predicted octanol–water partition coefficient (Wildman–Crippen LogP) is 3.88. The van der Waals surface area contributed by atoms with E-state index in [0.717, 1.165) is 28.8 Å². The summed E-state index contributed by atoms with van der Waals surface area (Å²) < 4.78 is 0. The van der Waals surface area contributed by atoms with Gasteiger partial charge in [0.25, 0.3) is 0 Å². The molecule has 0 saturated heterocycles. The summed E-state index contributed by atoms with van der Waals surface area (Å²) in [5.74, 6) is 0.883. The van der Waals surface area contributed by atoms with E-state index in [-0.39, 0.29) is 0 Å². The Bertz CT molecular complexity index is 509. The van der Waals surface area contributed by atoms with Crippen LogP contribution in [0.3, 0.4) is 0 Å². The Labute approximate surface area is 124 Å². The SMILES string of the molecule is CCSc1cccc(N(CC2CC2)C2CC2)c1C(=O)O. The highest BCUT2D eigenvalue weighted by Gasteiger charge is 2.35. The fraction of sp³-hybridized carbons (Fsp3) is 0.562. The van der Waals surface area contributed by atoms with Gasteiger partial charge in [0.2, 0.25) is 0 Å². The van der Waals surface area contributed by atoms with E-state index >= 15 is 0 Å². The molecule has 1 N–H and O–H groups in total. The van der Waals surface area contributed by atoms with Crippen molar-refractivity contribution in [3.8, 4) is 0 Å². The smallest absolute Gasteiger partial charge is 0.338 e. The molecular formula is C16H21NO2S. The van der Waals surface area contributed by atoms with E-state index in [4.69, 9.17) is 0 Å². The van der Waals surface area contributed by atoms with Crippen molar-refractivity contribution in [3.05, 3.63) is 23.8 Å². The van der Waals surface area contributed by atoms with Gasteiger partial charge in [0.05, 0.1) is 11.3 Å². The molecule has 108 valence electrons. The van der Waals surface area contributed by atoms with Gasteiger partial charge in [-0.3, -0.25) is 0 Å². The number of carboxylic acids is 1. The summed E-state index contributed by atoms with van der Waals surface area (Å²) >= 11 is 1.62. The Kier molecular flexibility index (Phi) is 3.92. The second-order valence-electron chi connectivity index (χ2n) is 5.72. The lowest BCUT2D eigenvalue weighted by Gasteiger charge is -2.27. The Morgan fingerprint density at radius 3 is 2.65 bits per heavy atom. The molecule has 1 aromatic rings. The topological polar surface area (TPSA) is 40.5 Å². The summed E-state index contributed by atoms with van der Waals surface area (Å²) in [6, 6.07) is 6.49. The van der Waals surface area contributed by atoms with E-state index in [1.807, 2.05) is 18.2 Å². The summed E-state index contributed by atoms with van der Waals surface area (Å²) in [7, 11) is 0. The van der Waals surface area contributed by atoms with Gasteiger partial charge in [0.15, 0.2) is 0 Å². The summed E-state index contributed by atoms with van der Waals surface area (Å²) in [6.07, 6.45) is 5.01. The lowest BCUT2D eigenvalue weighted by molar-refractivity contribution is 0.0694. The van der Waals surface area contributed by atoms with Crippen molar-refractivity contribution in [2.75, 3.05) is 17.2 Å². The van der Waals surface area contributed by atoms with Gasteiger partial charge in [-0.2, -0.15) is 0 Å². The van der Waals surface area contributed by atoms with Crippen molar-refractivity contribution in [3.63, 3.8) is 0 Å². The number of anilines is 1. The minimum absolute atomic E-state index is 0.506. The molecule has 2 aliphatic carbocycles. The number of rotatable bonds is 7. The third kappa shape index (κ3) is 2.95. The molecular weight excluding hydrogens is 270 g/mol. The van der Waals surface area contributed by atoms with Crippen LogP contribution in [0.25, 0.3) is 0 Å². The van der Waals surface area contributed by atoms with Gasteiger partial charge in [-0.25, -0.2) is 4.79 Å². The molecule has 4 heteroatoms. The van der Waals surface area contributed by atoms with Crippen molar-refractivity contribution in [2.45, 2.75) is 43.5 Å². The zero-order chi connectivity index (χ0) is 14.1. The number of carboxylic acid groups (broad SMARTS) is 1. The normalized spacial score (nSPS) is 18.1. The molecule has 20 heavy (non-hydrogen) atoms. The summed E-state index contributed by atoms with van der Waals surface area (Å²) in [5, 5.41) is 9.63. The number of thioether (sulfide) groups is 1. The van der Waals surface area contributed by atoms with E-state index < -0.39 is 5.97 Å². The molecule has 0 aliphatic heterocycles. The summed E-state index contributed by atoms with van der Waals surface area (Å²) in [6.45, 7) is 3.09. The molecule has 3 nitrogen and oxygen atoms in total. The minimum Gasteiger partial charge on any atom is -0.478 e. The third-order valence-corrected chi connectivity index (χ3v) is 4.91. The van der Waals surface area contributed by atoms with Crippen molar-refractivity contribution in [2.24, 2.45) is 5.92 Å². The first kappa shape index (κ1) is 13.8. The zero-order valence-electron chi connectivity index (χ0n) is 11.8. The van der Waals surface area contributed by atoms with Gasteiger partial charge in [-0.05, 0) is 49.5 Å². The Hall–Kier alpha value is -1.16. The summed E-state index contributed by atoms with van der Waals surface area (Å²) in [5.41, 5.74) is 1.44. The highest BCUT2D eigenvalue weighted by atomic mass is 32.2. The first-order chi connectivity index (χ1) is 9.70. The van der Waals surface area contributed by atoms with Crippen LogP contribution in [0.15, 0.2) is 23.1 Å². The van der Waals surface area contributed by atoms with Crippen molar-refractivity contribution in [1.29, 1.82) is 0 Å². The lowest BCUT2D eigenvalue weighted by Crippen LogP contribution is -2.29. The van der Waals surface area contributed by atoms with Crippen LogP contribution in [-0.2, 0) is 0 Å². The van der Waals surface area contributed by atoms with Gasteiger partial charge in [0.1, 0.15) is 0 Å². The first-order valence-electron chi connectivity index (χ1n) is 7.46. The van der Waals surface area contributed by atoms with E-state index in [1.165, 1.54) is 25.7 Å². The van der Waals surface area contributed by atoms with Crippen molar-refractivity contribution < 1.29 is 9.90 Å². The monoisotopic (exact) mass is 291 g/mol. The largest absolute Gasteiger partial charge is 0.478 e. The van der Waals surface area contributed by atoms with Crippen LogP contribution < -0.4 is 4.90 Å². The van der Waals surface area contributed by atoms with Gasteiger partial charge < -0.3 is 10.0 Å². The average Bonchev–Trinajstić information content (AvgIpc) is 3.28. The van der Waals surface area contributed by atoms with Gasteiger partial charge >= 0.3 is 5.97 Å². The quantitative estimate of drug-likeness (QED) is 0.774. The fourth-order valence-electron chi connectivity index (χ4n) is 2.66. The van der Waals surface area contributed by atoms with Gasteiger partial charge in [-0.15, -0.1) is 11.8 Å². The molecule has 0 aromatic heterocycles. The zero-order valence-corrected chi connectivity index (χ0v) is 12.7. The highest BCUT2D eigenvalue weighted by molar-refractivity contribution is 7.99. The fourth-order valence-corrected chi connectivity index (χ4v) is 3.48. The summed E-state index contributed by atoms with van der Waals surface area (Å²) in [4.78, 5) is 15.0. The van der Waals surface area contributed by atoms with Crippen LogP contribution in [0.5, 0.6) is 0 Å². The molecule has 1 aromatic carbocycles. The van der Waals surface area contributed by atoms with E-state index in [2.05, 4.69) is 11.8 Å². The Morgan fingerprint density at radius 2 is 2.10 bits per heavy atom. The number of benzene rings is 1. The second kappa shape index (κ2) is 5.68. The number of hydrogen-bond acceptors (Lipinski definition) is 3. The van der Waals surface area contributed by atoms with Gasteiger partial charge in [-0.1, -0.05) is 13.0 Å². The van der Waals surface area contributed by atoms with E-state index in [9.17, 15) is 9.90 Å². The first-order valence-corrected chi connectivity index (χ1v) is 8.45. The van der Waals surface area contributed by atoms with Crippen LogP contribution >= 0.6 is 11.8 Å². The lowest BCUT2D eigenvalue weighted by atomic mass is 10.1. The van der Waals surface area contributed by atoms with Gasteiger partial charge in [0, 0.05) is 17.5 Å². The van der Waals surface area contributed by atoms with Crippen LogP contribution in [-0.4, -0.2) is 29.4 Å². The maximum atomic E-state index is 11.7. The van der Waals surface area contributed by atoms with Crippen LogP contribution in [0, 0.1) is 5.92 Å². The Morgan fingerprint density at radius 1 is 1.35 bits per heavy atom. The molecule has 0 bridgehead atoms. The molecule has 0 radical (unpaired) electrons. The number of hydrogen-bond donors (Lipinski definition) is 1. The average molecular weight is 291 g/mol. The number of carbonyl (C=O) groups is 1. The predicted molar refractivity (Wildman–Crippen MR) is 82.9 cm³/mol. The number of nitrogens with zero attached hydrogens (tertiary/aromatic N) is 1. The van der Waals surface area contributed by atoms with E-state index in [1.54, 1.807) is 11.8 Å². The Balaban J connectivity index is 1.96. The van der Waals surface area contributed by atoms with Crippen LogP contribution in [0.1, 0.15) is 43.0 Å². The van der Waals surface area contributed by atoms with Crippen LogP contribution in [0.2, 0.25) is 0 Å². The second-order valence-corrected chi connectivity index (χ2v) is 7.02. The maximum Gasteiger partial charge on any atom is 0.338 e. The highest BCUT2D eigenvalue weighted by Crippen LogP contribution is 2.40. The molecule has 3 rings (SSSR count). The van der Waals surface area contributed by atoms with Crippen LogP contribution in [0.4, 0.5) is 5.69 Å². The van der Waals surface area contributed by atoms with E-state index in [0.29, 0.717) is 11.6 Å². The van der Waals surface area contributed by atoms with Crippen molar-refractivity contribution >= 4 is 23.4 Å². The minimum atomic E-state index is -0.794.